The van der Waals surface area contributed by atoms with E-state index in [0.29, 0.717) is 22.0 Å². The van der Waals surface area contributed by atoms with Gasteiger partial charge in [-0.2, -0.15) is 0 Å². The second kappa shape index (κ2) is 15.6. The molecule has 7 heteroatoms. The first kappa shape index (κ1) is 19.7. The molecule has 0 atom stereocenters. The number of hydrogen-bond acceptors (Lipinski definition) is 4. The van der Waals surface area contributed by atoms with Crippen LogP contribution in [-0.2, 0) is 30.5 Å². The minimum absolute atomic E-state index is 0. The minimum atomic E-state index is 0. The zero-order chi connectivity index (χ0) is 9.98. The molecule has 0 radical (unpaired) electrons. The fourth-order valence-corrected chi connectivity index (χ4v) is 0.741. The van der Waals surface area contributed by atoms with E-state index in [1.54, 1.807) is 0 Å². The second-order valence-electron chi connectivity index (χ2n) is 1.40. The number of rotatable bonds is 2. The van der Waals surface area contributed by atoms with Crippen LogP contribution in [0.15, 0.2) is 0 Å². The van der Waals surface area contributed by atoms with Gasteiger partial charge in [0, 0.05) is 0 Å². The largest absolute Gasteiger partial charge is 2.00 e. The molecule has 0 aromatic rings. The first-order valence-electron chi connectivity index (χ1n) is 3.26. The third kappa shape index (κ3) is 32.0. The maximum atomic E-state index is 4.64. The molecular formula is C6H12O2PtS4+2. The van der Waals surface area contributed by atoms with Crippen LogP contribution in [0.3, 0.4) is 0 Å². The summed E-state index contributed by atoms with van der Waals surface area (Å²) in [7, 11) is 0. The first-order valence-corrected chi connectivity index (χ1v) is 4.97. The number of hydrogen-bond donors (Lipinski definition) is 2. The molecule has 0 aromatic heterocycles. The van der Waals surface area contributed by atoms with E-state index in [1.807, 2.05) is 13.8 Å². The monoisotopic (exact) mass is 439 g/mol. The Hall–Kier alpha value is 1.17. The normalized spacial score (nSPS) is 7.08. The standard InChI is InChI=1S/2C3H6OS2.Pt/c2*1-2-4-3(5)6;/h2*2H2,1H3,(H,5,6);/q;;+2. The van der Waals surface area contributed by atoms with Crippen molar-refractivity contribution in [2.75, 3.05) is 13.2 Å². The summed E-state index contributed by atoms with van der Waals surface area (Å²) >= 11 is 16.2. The van der Waals surface area contributed by atoms with Crippen molar-refractivity contribution in [1.82, 2.24) is 0 Å². The fourth-order valence-electron chi connectivity index (χ4n) is 0.247. The van der Waals surface area contributed by atoms with Crippen LogP contribution in [0.2, 0.25) is 0 Å². The number of thiocarbonyl (C=S) groups is 2. The molecular weight excluding hydrogens is 427 g/mol. The average Bonchev–Trinajstić information content (AvgIpc) is 1.87. The summed E-state index contributed by atoms with van der Waals surface area (Å²) in [5.74, 6) is 0. The molecule has 0 heterocycles. The van der Waals surface area contributed by atoms with Crippen LogP contribution in [0.1, 0.15) is 13.8 Å². The minimum Gasteiger partial charge on any atom is -0.479 e. The van der Waals surface area contributed by atoms with Gasteiger partial charge in [-0.15, -0.1) is 0 Å². The molecule has 0 aliphatic rings. The van der Waals surface area contributed by atoms with Crippen molar-refractivity contribution in [2.24, 2.45) is 0 Å². The van der Waals surface area contributed by atoms with Crippen molar-refractivity contribution in [3.8, 4) is 0 Å². The van der Waals surface area contributed by atoms with Gasteiger partial charge >= 0.3 is 21.1 Å². The molecule has 0 saturated heterocycles. The van der Waals surface area contributed by atoms with Crippen LogP contribution in [0, 0.1) is 0 Å². The van der Waals surface area contributed by atoms with E-state index in [0.717, 1.165) is 0 Å². The molecule has 13 heavy (non-hydrogen) atoms. The van der Waals surface area contributed by atoms with Gasteiger partial charge in [-0.05, 0) is 38.3 Å². The van der Waals surface area contributed by atoms with Gasteiger partial charge in [0.15, 0.2) is 0 Å². The van der Waals surface area contributed by atoms with Gasteiger partial charge in [0.05, 0.1) is 13.2 Å². The van der Waals surface area contributed by atoms with Gasteiger partial charge in [0.25, 0.3) is 0 Å². The van der Waals surface area contributed by atoms with Gasteiger partial charge < -0.3 is 9.47 Å². The Morgan fingerprint density at radius 3 is 1.23 bits per heavy atom. The summed E-state index contributed by atoms with van der Waals surface area (Å²) < 4.78 is 9.91. The van der Waals surface area contributed by atoms with Crippen LogP contribution in [0.5, 0.6) is 0 Å². The topological polar surface area (TPSA) is 18.5 Å². The molecule has 0 aliphatic carbocycles. The van der Waals surface area contributed by atoms with E-state index in [2.05, 4.69) is 59.2 Å². The van der Waals surface area contributed by atoms with Crippen molar-refractivity contribution >= 4 is 58.5 Å². The molecule has 0 bridgehead atoms. The Balaban J connectivity index is -0.000000143. The molecule has 0 aliphatic heterocycles. The van der Waals surface area contributed by atoms with Crippen LogP contribution in [0.25, 0.3) is 0 Å². The molecule has 80 valence electrons. The van der Waals surface area contributed by atoms with Crippen molar-refractivity contribution in [3.05, 3.63) is 0 Å². The van der Waals surface area contributed by atoms with Gasteiger partial charge in [-0.3, -0.25) is 0 Å². The van der Waals surface area contributed by atoms with E-state index in [-0.39, 0.29) is 21.1 Å². The second-order valence-corrected chi connectivity index (χ2v) is 3.56. The van der Waals surface area contributed by atoms with Crippen molar-refractivity contribution in [1.29, 1.82) is 0 Å². The zero-order valence-corrected chi connectivity index (χ0v) is 13.0. The van der Waals surface area contributed by atoms with Crippen LogP contribution >= 0.6 is 49.7 Å². The average molecular weight is 440 g/mol. The molecule has 0 aromatic carbocycles. The van der Waals surface area contributed by atoms with E-state index < -0.39 is 0 Å². The molecule has 0 N–H and O–H groups in total. The van der Waals surface area contributed by atoms with Gasteiger partial charge in [-0.1, -0.05) is 25.3 Å². The Bertz CT molecular complexity index is 127. The molecule has 0 saturated carbocycles. The maximum Gasteiger partial charge on any atom is 2.00 e. The van der Waals surface area contributed by atoms with Crippen LogP contribution in [-0.4, -0.2) is 22.0 Å². The summed E-state index contributed by atoms with van der Waals surface area (Å²) in [5, 5.41) is 0. The summed E-state index contributed by atoms with van der Waals surface area (Å²) in [6.07, 6.45) is 0. The van der Waals surface area contributed by atoms with Crippen molar-refractivity contribution in [2.45, 2.75) is 13.8 Å². The Kier molecular flexibility index (Phi) is 23.7. The Labute approximate surface area is 115 Å². The number of thiol groups is 2. The summed E-state index contributed by atoms with van der Waals surface area (Å²) in [6, 6.07) is 0. The SMILES string of the molecule is CCOC(=S)S.CCOC(=S)S.[Pt+2]. The zero-order valence-electron chi connectivity index (χ0n) is 7.26. The maximum absolute atomic E-state index is 4.64. The van der Waals surface area contributed by atoms with Crippen molar-refractivity contribution in [3.63, 3.8) is 0 Å². The molecule has 0 rings (SSSR count). The molecule has 0 fully saturated rings. The summed E-state index contributed by atoms with van der Waals surface area (Å²) in [6.45, 7) is 4.95. The first-order chi connectivity index (χ1) is 5.54. The van der Waals surface area contributed by atoms with Gasteiger partial charge in [0.1, 0.15) is 0 Å². The predicted octanol–water partition coefficient (Wildman–Crippen LogP) is 2.47. The molecule has 0 amide bonds. The molecule has 2 nitrogen and oxygen atoms in total. The summed E-state index contributed by atoms with van der Waals surface area (Å²) in [4.78, 5) is 0. The summed E-state index contributed by atoms with van der Waals surface area (Å²) in [5.41, 5.74) is 0. The van der Waals surface area contributed by atoms with Gasteiger partial charge in [0.2, 0.25) is 8.77 Å². The van der Waals surface area contributed by atoms with E-state index in [1.165, 1.54) is 0 Å². The molecule has 0 spiro atoms. The quantitative estimate of drug-likeness (QED) is 0.509. The third-order valence-electron chi connectivity index (χ3n) is 0.536. The van der Waals surface area contributed by atoms with E-state index in [4.69, 9.17) is 0 Å². The van der Waals surface area contributed by atoms with Crippen molar-refractivity contribution < 1.29 is 30.5 Å². The van der Waals surface area contributed by atoms with E-state index in [9.17, 15) is 0 Å². The Morgan fingerprint density at radius 1 is 1.00 bits per heavy atom. The Morgan fingerprint density at radius 2 is 1.23 bits per heavy atom. The predicted molar refractivity (Wildman–Crippen MR) is 66.4 cm³/mol. The van der Waals surface area contributed by atoms with Gasteiger partial charge in [-0.25, -0.2) is 0 Å². The fraction of sp³-hybridized carbons (Fsp3) is 0.667. The van der Waals surface area contributed by atoms with Crippen LogP contribution < -0.4 is 0 Å². The van der Waals surface area contributed by atoms with E-state index >= 15 is 0 Å². The smallest absolute Gasteiger partial charge is 0.479 e. The van der Waals surface area contributed by atoms with Crippen LogP contribution in [0.4, 0.5) is 0 Å². The number of ether oxygens (including phenoxy) is 2. The molecule has 0 unspecified atom stereocenters. The third-order valence-corrected chi connectivity index (χ3v) is 1.03.